The van der Waals surface area contributed by atoms with Gasteiger partial charge >= 0.3 is 0 Å². The summed E-state index contributed by atoms with van der Waals surface area (Å²) in [6.07, 6.45) is 1.00. The second kappa shape index (κ2) is 9.58. The van der Waals surface area contributed by atoms with Gasteiger partial charge in [-0.2, -0.15) is 0 Å². The molecule has 10 heteroatoms. The van der Waals surface area contributed by atoms with E-state index < -0.39 is 34.1 Å². The summed E-state index contributed by atoms with van der Waals surface area (Å²) in [4.78, 5) is 22.7. The number of hydrogen-bond donors (Lipinski definition) is 1. The molecule has 1 saturated carbocycles. The topological polar surface area (TPSA) is 89.5 Å². The Balaban J connectivity index is 1.49. The zero-order valence-corrected chi connectivity index (χ0v) is 17.9. The average molecular weight is 462 g/mol. The molecule has 1 aromatic rings. The van der Waals surface area contributed by atoms with Gasteiger partial charge in [0.05, 0.1) is 11.5 Å². The first kappa shape index (κ1) is 23.6. The molecule has 0 radical (unpaired) electrons. The number of alkyl halides is 2. The van der Waals surface area contributed by atoms with Crippen LogP contribution in [0.4, 0.5) is 13.2 Å². The maximum Gasteiger partial charge on any atom is 0.272 e. The molecule has 1 heterocycles. The third kappa shape index (κ3) is 6.44. The molecule has 0 spiro atoms. The molecule has 6 nitrogen and oxygen atoms in total. The molecule has 1 aliphatic heterocycles. The van der Waals surface area contributed by atoms with Crippen molar-refractivity contribution in [3.8, 4) is 5.75 Å². The minimum Gasteiger partial charge on any atom is -0.485 e. The molecule has 0 bridgehead atoms. The first-order chi connectivity index (χ1) is 14.6. The summed E-state index contributed by atoms with van der Waals surface area (Å²) in [6.45, 7) is -0.928. The normalized spacial score (nSPS) is 20.2. The second-order valence-electron chi connectivity index (χ2n) is 8.38. The lowest BCUT2D eigenvalue weighted by Crippen LogP contribution is -2.23. The molecule has 2 amide bonds. The standard InChI is InChI=1S/C21H26F3NO5S/c22-16-6-5-15(11-17(16)30-12-18(23)24)21(7-8-21)13-31(28,29)9-3-1-2-4-14-10-19(26)25-20(14)27/h5-6,11,14,18H,1-4,7-10,12-13H2,(H,25,26,27). The van der Waals surface area contributed by atoms with E-state index in [1.165, 1.54) is 12.1 Å². The van der Waals surface area contributed by atoms with Crippen LogP contribution in [-0.2, 0) is 24.8 Å². The molecule has 1 aliphatic carbocycles. The maximum absolute atomic E-state index is 13.8. The predicted octanol–water partition coefficient (Wildman–Crippen LogP) is 3.14. The first-order valence-corrected chi connectivity index (χ1v) is 12.2. The number of carbonyl (C=O) groups excluding carboxylic acids is 2. The van der Waals surface area contributed by atoms with E-state index in [2.05, 4.69) is 5.32 Å². The molecule has 1 unspecified atom stereocenters. The van der Waals surface area contributed by atoms with E-state index in [9.17, 15) is 31.2 Å². The number of ether oxygens (including phenoxy) is 1. The van der Waals surface area contributed by atoms with Crippen molar-refractivity contribution in [3.63, 3.8) is 0 Å². The Bertz CT molecular complexity index is 931. The summed E-state index contributed by atoms with van der Waals surface area (Å²) in [5.41, 5.74) is -0.0451. The molecule has 31 heavy (non-hydrogen) atoms. The van der Waals surface area contributed by atoms with Gasteiger partial charge in [-0.05, 0) is 43.4 Å². The minimum atomic E-state index is -3.38. The van der Waals surface area contributed by atoms with E-state index in [1.807, 2.05) is 0 Å². The van der Waals surface area contributed by atoms with E-state index in [-0.39, 0.29) is 41.4 Å². The van der Waals surface area contributed by atoms with Gasteiger partial charge in [-0.25, -0.2) is 21.6 Å². The zero-order valence-electron chi connectivity index (χ0n) is 17.0. The quantitative estimate of drug-likeness (QED) is 0.382. The first-order valence-electron chi connectivity index (χ1n) is 10.4. The Morgan fingerprint density at radius 3 is 2.52 bits per heavy atom. The van der Waals surface area contributed by atoms with Crippen LogP contribution in [0.1, 0.15) is 50.5 Å². The van der Waals surface area contributed by atoms with Crippen molar-refractivity contribution in [1.82, 2.24) is 5.32 Å². The minimum absolute atomic E-state index is 0.000474. The summed E-state index contributed by atoms with van der Waals surface area (Å²) in [5, 5.41) is 2.26. The van der Waals surface area contributed by atoms with Gasteiger partial charge in [-0.15, -0.1) is 0 Å². The van der Waals surface area contributed by atoms with Crippen molar-refractivity contribution in [1.29, 1.82) is 0 Å². The smallest absolute Gasteiger partial charge is 0.272 e. The van der Waals surface area contributed by atoms with Crippen LogP contribution in [-0.4, -0.2) is 44.8 Å². The van der Waals surface area contributed by atoms with Crippen LogP contribution in [0.5, 0.6) is 5.75 Å². The highest BCUT2D eigenvalue weighted by Crippen LogP contribution is 2.50. The Hall–Kier alpha value is -2.10. The van der Waals surface area contributed by atoms with Crippen molar-refractivity contribution in [3.05, 3.63) is 29.6 Å². The van der Waals surface area contributed by atoms with E-state index in [0.29, 0.717) is 44.1 Å². The summed E-state index contributed by atoms with van der Waals surface area (Å²) < 4.78 is 68.6. The molecular weight excluding hydrogens is 435 g/mol. The maximum atomic E-state index is 13.8. The second-order valence-corrected chi connectivity index (χ2v) is 10.6. The van der Waals surface area contributed by atoms with Crippen molar-refractivity contribution >= 4 is 21.7 Å². The van der Waals surface area contributed by atoms with Crippen molar-refractivity contribution in [2.75, 3.05) is 18.1 Å². The van der Waals surface area contributed by atoms with E-state index in [1.54, 1.807) is 0 Å². The Kier molecular flexibility index (Phi) is 7.28. The Morgan fingerprint density at radius 2 is 1.90 bits per heavy atom. The lowest BCUT2D eigenvalue weighted by Gasteiger charge is -2.18. The van der Waals surface area contributed by atoms with Gasteiger partial charge in [-0.3, -0.25) is 14.9 Å². The summed E-state index contributed by atoms with van der Waals surface area (Å²) in [6, 6.07) is 3.93. The third-order valence-electron chi connectivity index (χ3n) is 5.83. The number of carbonyl (C=O) groups is 2. The van der Waals surface area contributed by atoms with Crippen LogP contribution in [0.15, 0.2) is 18.2 Å². The van der Waals surface area contributed by atoms with E-state index in [4.69, 9.17) is 4.74 Å². The van der Waals surface area contributed by atoms with Gasteiger partial charge in [0.25, 0.3) is 6.43 Å². The highest BCUT2D eigenvalue weighted by molar-refractivity contribution is 7.91. The molecule has 3 rings (SSSR count). The molecule has 1 N–H and O–H groups in total. The lowest BCUT2D eigenvalue weighted by atomic mass is 9.98. The molecule has 1 aromatic carbocycles. The van der Waals surface area contributed by atoms with E-state index >= 15 is 0 Å². The number of unbranched alkanes of at least 4 members (excludes halogenated alkanes) is 2. The number of nitrogens with one attached hydrogen (secondary N) is 1. The van der Waals surface area contributed by atoms with Crippen LogP contribution >= 0.6 is 0 Å². The molecule has 1 saturated heterocycles. The summed E-state index contributed by atoms with van der Waals surface area (Å²) >= 11 is 0. The Labute approximate surface area is 179 Å². The predicted molar refractivity (Wildman–Crippen MR) is 107 cm³/mol. The third-order valence-corrected chi connectivity index (χ3v) is 7.73. The molecule has 0 aromatic heterocycles. The summed E-state index contributed by atoms with van der Waals surface area (Å²) in [5.74, 6) is -1.99. The highest BCUT2D eigenvalue weighted by Gasteiger charge is 2.47. The van der Waals surface area contributed by atoms with Crippen LogP contribution in [0.3, 0.4) is 0 Å². The molecular formula is C21H26F3NO5S. The monoisotopic (exact) mass is 461 g/mol. The van der Waals surface area contributed by atoms with Gasteiger partial charge in [0.2, 0.25) is 11.8 Å². The Morgan fingerprint density at radius 1 is 1.16 bits per heavy atom. The number of benzene rings is 1. The highest BCUT2D eigenvalue weighted by atomic mass is 32.2. The molecule has 172 valence electrons. The van der Waals surface area contributed by atoms with Gasteiger partial charge in [0.15, 0.2) is 21.4 Å². The molecule has 1 atom stereocenters. The fourth-order valence-electron chi connectivity index (χ4n) is 3.99. The number of sulfone groups is 1. The molecule has 2 fully saturated rings. The number of hydrogen-bond acceptors (Lipinski definition) is 5. The number of rotatable bonds is 12. The number of imide groups is 1. The van der Waals surface area contributed by atoms with Crippen LogP contribution in [0.2, 0.25) is 0 Å². The van der Waals surface area contributed by atoms with Crippen LogP contribution in [0, 0.1) is 11.7 Å². The van der Waals surface area contributed by atoms with Crippen molar-refractivity contribution in [2.24, 2.45) is 5.92 Å². The van der Waals surface area contributed by atoms with Crippen LogP contribution < -0.4 is 10.1 Å². The van der Waals surface area contributed by atoms with Gasteiger partial charge in [-0.1, -0.05) is 18.9 Å². The van der Waals surface area contributed by atoms with Gasteiger partial charge < -0.3 is 4.74 Å². The lowest BCUT2D eigenvalue weighted by molar-refractivity contribution is -0.125. The number of amides is 2. The largest absolute Gasteiger partial charge is 0.485 e. The fraction of sp³-hybridized carbons (Fsp3) is 0.619. The van der Waals surface area contributed by atoms with E-state index in [0.717, 1.165) is 6.07 Å². The zero-order chi connectivity index (χ0) is 22.6. The van der Waals surface area contributed by atoms with Crippen LogP contribution in [0.25, 0.3) is 0 Å². The van der Waals surface area contributed by atoms with Crippen molar-refractivity contribution in [2.45, 2.75) is 56.8 Å². The SMILES string of the molecule is O=C1CC(CCCCCS(=O)(=O)CC2(c3ccc(F)c(OCC(F)F)c3)CC2)C(=O)N1. The summed E-state index contributed by atoms with van der Waals surface area (Å²) in [7, 11) is -3.38. The molecule has 2 aliphatic rings. The number of halogens is 3. The van der Waals surface area contributed by atoms with Crippen molar-refractivity contribution < 1.29 is 35.9 Å². The van der Waals surface area contributed by atoms with Gasteiger partial charge in [0.1, 0.15) is 6.61 Å². The fourth-order valence-corrected chi connectivity index (χ4v) is 6.07. The average Bonchev–Trinajstić information content (AvgIpc) is 3.37. The van der Waals surface area contributed by atoms with Gasteiger partial charge in [0, 0.05) is 17.8 Å².